The van der Waals surface area contributed by atoms with Crippen LogP contribution in [-0.4, -0.2) is 38.9 Å². The lowest BCUT2D eigenvalue weighted by atomic mass is 9.94. The van der Waals surface area contributed by atoms with Crippen LogP contribution in [0.2, 0.25) is 0 Å². The van der Waals surface area contributed by atoms with Gasteiger partial charge < -0.3 is 4.90 Å². The van der Waals surface area contributed by atoms with Crippen LogP contribution in [0, 0.1) is 12.7 Å². The van der Waals surface area contributed by atoms with Crippen molar-refractivity contribution in [2.24, 2.45) is 0 Å². The van der Waals surface area contributed by atoms with E-state index < -0.39 is 15.8 Å². The van der Waals surface area contributed by atoms with Gasteiger partial charge in [-0.3, -0.25) is 9.10 Å². The maximum absolute atomic E-state index is 13.4. The minimum absolute atomic E-state index is 0.0977. The molecule has 1 fully saturated rings. The number of amides is 1. The summed E-state index contributed by atoms with van der Waals surface area (Å²) in [5.41, 5.74) is 1.20. The van der Waals surface area contributed by atoms with Crippen molar-refractivity contribution in [3.63, 3.8) is 0 Å². The Morgan fingerprint density at radius 3 is 2.17 bits per heavy atom. The maximum Gasteiger partial charge on any atom is 0.264 e. The van der Waals surface area contributed by atoms with Gasteiger partial charge in [-0.2, -0.15) is 0 Å². The topological polar surface area (TPSA) is 57.7 Å². The molecule has 2 aromatic rings. The number of likely N-dealkylation sites (N-methyl/N-ethyl adjacent to an activating group) is 1. The van der Waals surface area contributed by atoms with Crippen LogP contribution < -0.4 is 4.31 Å². The van der Waals surface area contributed by atoms with Gasteiger partial charge in [0.2, 0.25) is 5.91 Å². The number of sulfonamides is 1. The fourth-order valence-electron chi connectivity index (χ4n) is 3.67. The molecular weight excluding hydrogens is 391 g/mol. The average Bonchev–Trinajstić information content (AvgIpc) is 2.73. The zero-order valence-corrected chi connectivity index (χ0v) is 17.7. The SMILES string of the molecule is Cc1ccc(S(=O)(=O)N(CC(=O)N(C)C2CCCCC2)c2ccc(F)cc2)cc1. The molecule has 0 atom stereocenters. The van der Waals surface area contributed by atoms with E-state index in [2.05, 4.69) is 0 Å². The van der Waals surface area contributed by atoms with Gasteiger partial charge in [0.25, 0.3) is 10.0 Å². The fraction of sp³-hybridized carbons (Fsp3) is 0.409. The van der Waals surface area contributed by atoms with Crippen molar-refractivity contribution in [2.75, 3.05) is 17.9 Å². The Labute approximate surface area is 172 Å². The van der Waals surface area contributed by atoms with Gasteiger partial charge >= 0.3 is 0 Å². The molecule has 3 rings (SSSR count). The van der Waals surface area contributed by atoms with E-state index in [4.69, 9.17) is 0 Å². The molecule has 1 saturated carbocycles. The molecule has 0 unspecified atom stereocenters. The van der Waals surface area contributed by atoms with E-state index in [1.165, 1.54) is 42.8 Å². The van der Waals surface area contributed by atoms with Gasteiger partial charge in [-0.05, 0) is 56.2 Å². The van der Waals surface area contributed by atoms with Crippen molar-refractivity contribution >= 4 is 21.6 Å². The first-order chi connectivity index (χ1) is 13.8. The Kier molecular flexibility index (Phi) is 6.57. The Balaban J connectivity index is 1.91. The molecule has 0 aromatic heterocycles. The second kappa shape index (κ2) is 8.95. The number of benzene rings is 2. The maximum atomic E-state index is 13.4. The predicted molar refractivity (Wildman–Crippen MR) is 112 cm³/mol. The number of nitrogens with zero attached hydrogens (tertiary/aromatic N) is 2. The van der Waals surface area contributed by atoms with Gasteiger partial charge in [-0.25, -0.2) is 12.8 Å². The van der Waals surface area contributed by atoms with Crippen molar-refractivity contribution in [1.29, 1.82) is 0 Å². The van der Waals surface area contributed by atoms with E-state index in [9.17, 15) is 17.6 Å². The Morgan fingerprint density at radius 2 is 1.59 bits per heavy atom. The Hall–Kier alpha value is -2.41. The highest BCUT2D eigenvalue weighted by molar-refractivity contribution is 7.92. The third kappa shape index (κ3) is 4.96. The molecule has 0 radical (unpaired) electrons. The molecule has 0 aliphatic heterocycles. The lowest BCUT2D eigenvalue weighted by Gasteiger charge is -2.33. The summed E-state index contributed by atoms with van der Waals surface area (Å²) < 4.78 is 41.1. The number of carbonyl (C=O) groups is 1. The van der Waals surface area contributed by atoms with Gasteiger partial charge in [-0.1, -0.05) is 37.0 Å². The Morgan fingerprint density at radius 1 is 1.00 bits per heavy atom. The minimum Gasteiger partial charge on any atom is -0.341 e. The van der Waals surface area contributed by atoms with E-state index in [-0.39, 0.29) is 29.1 Å². The average molecular weight is 419 g/mol. The largest absolute Gasteiger partial charge is 0.341 e. The van der Waals surface area contributed by atoms with Crippen LogP contribution in [0.3, 0.4) is 0 Å². The standard InChI is InChI=1S/C22H27FN2O3S/c1-17-8-14-21(15-9-17)29(27,28)25(20-12-10-18(23)11-13-20)16-22(26)24(2)19-6-4-3-5-7-19/h8-15,19H,3-7,16H2,1-2H3. The molecule has 1 aliphatic rings. The van der Waals surface area contributed by atoms with Crippen molar-refractivity contribution < 1.29 is 17.6 Å². The third-order valence-corrected chi connectivity index (χ3v) is 7.31. The molecular formula is C22H27FN2O3S. The number of anilines is 1. The van der Waals surface area contributed by atoms with E-state index in [0.29, 0.717) is 0 Å². The molecule has 7 heteroatoms. The van der Waals surface area contributed by atoms with Crippen LogP contribution >= 0.6 is 0 Å². The molecule has 2 aromatic carbocycles. The minimum atomic E-state index is -3.98. The van der Waals surface area contributed by atoms with Gasteiger partial charge in [0.05, 0.1) is 10.6 Å². The summed E-state index contributed by atoms with van der Waals surface area (Å²) in [6.07, 6.45) is 5.19. The number of rotatable bonds is 6. The number of carbonyl (C=O) groups excluding carboxylic acids is 1. The van der Waals surface area contributed by atoms with Gasteiger partial charge in [-0.15, -0.1) is 0 Å². The summed E-state index contributed by atoms with van der Waals surface area (Å²) in [6.45, 7) is 1.55. The summed E-state index contributed by atoms with van der Waals surface area (Å²) in [7, 11) is -2.24. The first-order valence-electron chi connectivity index (χ1n) is 9.89. The monoisotopic (exact) mass is 418 g/mol. The Bertz CT molecular complexity index is 937. The molecule has 0 heterocycles. The molecule has 0 saturated heterocycles. The first-order valence-corrected chi connectivity index (χ1v) is 11.3. The van der Waals surface area contributed by atoms with Crippen LogP contribution in [-0.2, 0) is 14.8 Å². The van der Waals surface area contributed by atoms with E-state index in [1.54, 1.807) is 24.1 Å². The summed E-state index contributed by atoms with van der Waals surface area (Å²) >= 11 is 0. The molecule has 29 heavy (non-hydrogen) atoms. The number of halogens is 1. The predicted octanol–water partition coefficient (Wildman–Crippen LogP) is 4.12. The quantitative estimate of drug-likeness (QED) is 0.709. The van der Waals surface area contributed by atoms with Crippen LogP contribution in [0.4, 0.5) is 10.1 Å². The van der Waals surface area contributed by atoms with E-state index >= 15 is 0 Å². The normalized spacial score (nSPS) is 15.1. The second-order valence-electron chi connectivity index (χ2n) is 7.60. The van der Waals surface area contributed by atoms with Crippen molar-refractivity contribution in [1.82, 2.24) is 4.90 Å². The van der Waals surface area contributed by atoms with Crippen molar-refractivity contribution in [2.45, 2.75) is 50.0 Å². The molecule has 1 amide bonds. The second-order valence-corrected chi connectivity index (χ2v) is 9.46. The third-order valence-electron chi connectivity index (χ3n) is 5.52. The smallest absolute Gasteiger partial charge is 0.264 e. The molecule has 0 bridgehead atoms. The van der Waals surface area contributed by atoms with Gasteiger partial charge in [0, 0.05) is 13.1 Å². The zero-order chi connectivity index (χ0) is 21.0. The van der Waals surface area contributed by atoms with Crippen molar-refractivity contribution in [3.05, 3.63) is 59.9 Å². The molecule has 156 valence electrons. The molecule has 0 spiro atoms. The first kappa shape index (κ1) is 21.3. The lowest BCUT2D eigenvalue weighted by Crippen LogP contribution is -2.45. The highest BCUT2D eigenvalue weighted by Gasteiger charge is 2.30. The fourth-order valence-corrected chi connectivity index (χ4v) is 5.08. The number of aryl methyl sites for hydroxylation is 1. The van der Waals surface area contributed by atoms with E-state index in [1.807, 2.05) is 6.92 Å². The van der Waals surface area contributed by atoms with Crippen LogP contribution in [0.5, 0.6) is 0 Å². The summed E-state index contributed by atoms with van der Waals surface area (Å²) in [5, 5.41) is 0. The molecule has 1 aliphatic carbocycles. The van der Waals surface area contributed by atoms with Crippen molar-refractivity contribution in [3.8, 4) is 0 Å². The van der Waals surface area contributed by atoms with Crippen LogP contribution in [0.25, 0.3) is 0 Å². The summed E-state index contributed by atoms with van der Waals surface area (Å²) in [5.74, 6) is -0.732. The van der Waals surface area contributed by atoms with Crippen LogP contribution in [0.1, 0.15) is 37.7 Å². The molecule has 5 nitrogen and oxygen atoms in total. The highest BCUT2D eigenvalue weighted by Crippen LogP contribution is 2.26. The van der Waals surface area contributed by atoms with E-state index in [0.717, 1.165) is 35.6 Å². The highest BCUT2D eigenvalue weighted by atomic mass is 32.2. The number of hydrogen-bond acceptors (Lipinski definition) is 3. The van der Waals surface area contributed by atoms with Crippen LogP contribution in [0.15, 0.2) is 53.4 Å². The summed E-state index contributed by atoms with van der Waals surface area (Å²) in [6, 6.07) is 11.8. The lowest BCUT2D eigenvalue weighted by molar-refractivity contribution is -0.130. The van der Waals surface area contributed by atoms with Gasteiger partial charge in [0.1, 0.15) is 12.4 Å². The zero-order valence-electron chi connectivity index (χ0n) is 16.8. The number of hydrogen-bond donors (Lipinski definition) is 0. The molecule has 0 N–H and O–H groups in total. The summed E-state index contributed by atoms with van der Waals surface area (Å²) in [4.78, 5) is 14.7. The van der Waals surface area contributed by atoms with Gasteiger partial charge in [0.15, 0.2) is 0 Å².